The third-order valence-corrected chi connectivity index (χ3v) is 2.00. The van der Waals surface area contributed by atoms with Crippen molar-refractivity contribution in [3.05, 3.63) is 40.4 Å². The van der Waals surface area contributed by atoms with Gasteiger partial charge in [-0.05, 0) is 25.1 Å². The topological polar surface area (TPSA) is 9.23 Å². The molecule has 1 nitrogen and oxygen atoms in total. The van der Waals surface area contributed by atoms with E-state index in [0.717, 1.165) is 0 Å². The van der Waals surface area contributed by atoms with E-state index in [4.69, 9.17) is 27.9 Å². The third-order valence-electron chi connectivity index (χ3n) is 1.46. The summed E-state index contributed by atoms with van der Waals surface area (Å²) in [5.74, 6) is 0.657. The van der Waals surface area contributed by atoms with Crippen LogP contribution in [0.2, 0.25) is 10.0 Å². The van der Waals surface area contributed by atoms with Gasteiger partial charge in [-0.2, -0.15) is 0 Å². The van der Waals surface area contributed by atoms with Crippen LogP contribution in [0.3, 0.4) is 0 Å². The van der Waals surface area contributed by atoms with Gasteiger partial charge in [0.15, 0.2) is 0 Å². The molecule has 0 unspecified atom stereocenters. The van der Waals surface area contributed by atoms with Gasteiger partial charge in [0.1, 0.15) is 12.4 Å². The zero-order chi connectivity index (χ0) is 9.68. The molecule has 0 radical (unpaired) electrons. The SMILES string of the molecule is CC=CCOc1ccc(Cl)cc1Cl. The first-order valence-corrected chi connectivity index (χ1v) is 4.68. The van der Waals surface area contributed by atoms with E-state index in [1.54, 1.807) is 18.2 Å². The van der Waals surface area contributed by atoms with Gasteiger partial charge in [-0.3, -0.25) is 0 Å². The smallest absolute Gasteiger partial charge is 0.138 e. The number of hydrogen-bond acceptors (Lipinski definition) is 1. The molecule has 0 amide bonds. The van der Waals surface area contributed by atoms with Crippen molar-refractivity contribution < 1.29 is 4.74 Å². The summed E-state index contributed by atoms with van der Waals surface area (Å²) in [6.07, 6.45) is 3.83. The summed E-state index contributed by atoms with van der Waals surface area (Å²) in [5.41, 5.74) is 0. The van der Waals surface area contributed by atoms with Crippen LogP contribution in [0.5, 0.6) is 5.75 Å². The van der Waals surface area contributed by atoms with Crippen molar-refractivity contribution in [1.29, 1.82) is 0 Å². The van der Waals surface area contributed by atoms with E-state index >= 15 is 0 Å². The van der Waals surface area contributed by atoms with Gasteiger partial charge in [0.2, 0.25) is 0 Å². The Labute approximate surface area is 87.9 Å². The highest BCUT2D eigenvalue weighted by atomic mass is 35.5. The first kappa shape index (κ1) is 10.4. The summed E-state index contributed by atoms with van der Waals surface area (Å²) in [7, 11) is 0. The van der Waals surface area contributed by atoms with Crippen LogP contribution >= 0.6 is 23.2 Å². The lowest BCUT2D eigenvalue weighted by atomic mass is 10.3. The molecule has 0 saturated carbocycles. The normalized spacial score (nSPS) is 10.7. The van der Waals surface area contributed by atoms with Crippen LogP contribution in [0, 0.1) is 0 Å². The van der Waals surface area contributed by atoms with Crippen LogP contribution in [0.15, 0.2) is 30.4 Å². The second-order valence-electron chi connectivity index (χ2n) is 2.45. The lowest BCUT2D eigenvalue weighted by Gasteiger charge is -2.04. The maximum absolute atomic E-state index is 5.87. The van der Waals surface area contributed by atoms with Crippen molar-refractivity contribution in [2.24, 2.45) is 0 Å². The zero-order valence-electron chi connectivity index (χ0n) is 7.26. The molecule has 0 aliphatic carbocycles. The minimum absolute atomic E-state index is 0.526. The van der Waals surface area contributed by atoms with Crippen molar-refractivity contribution in [2.45, 2.75) is 6.92 Å². The summed E-state index contributed by atoms with van der Waals surface area (Å²) >= 11 is 11.6. The Kier molecular flexibility index (Phi) is 4.13. The van der Waals surface area contributed by atoms with Crippen LogP contribution < -0.4 is 4.74 Å². The van der Waals surface area contributed by atoms with E-state index in [2.05, 4.69) is 0 Å². The second-order valence-corrected chi connectivity index (χ2v) is 3.30. The molecule has 0 N–H and O–H groups in total. The van der Waals surface area contributed by atoms with E-state index in [1.807, 2.05) is 19.1 Å². The average molecular weight is 217 g/mol. The average Bonchev–Trinajstić information content (AvgIpc) is 2.09. The monoisotopic (exact) mass is 216 g/mol. The maximum Gasteiger partial charge on any atom is 0.138 e. The molecule has 70 valence electrons. The highest BCUT2D eigenvalue weighted by Crippen LogP contribution is 2.27. The molecule has 0 fully saturated rings. The fourth-order valence-corrected chi connectivity index (χ4v) is 1.29. The van der Waals surface area contributed by atoms with Gasteiger partial charge in [0.05, 0.1) is 5.02 Å². The van der Waals surface area contributed by atoms with Crippen molar-refractivity contribution >= 4 is 23.2 Å². The summed E-state index contributed by atoms with van der Waals surface area (Å²) in [5, 5.41) is 1.15. The quantitative estimate of drug-likeness (QED) is 0.696. The van der Waals surface area contributed by atoms with Crippen LogP contribution in [0.25, 0.3) is 0 Å². The van der Waals surface area contributed by atoms with Gasteiger partial charge in [-0.25, -0.2) is 0 Å². The summed E-state index contributed by atoms with van der Waals surface area (Å²) in [6.45, 7) is 2.46. The van der Waals surface area contributed by atoms with Crippen molar-refractivity contribution in [3.63, 3.8) is 0 Å². The van der Waals surface area contributed by atoms with Gasteiger partial charge in [0, 0.05) is 5.02 Å². The molecule has 0 aliphatic rings. The van der Waals surface area contributed by atoms with E-state index in [0.29, 0.717) is 22.4 Å². The summed E-state index contributed by atoms with van der Waals surface area (Å²) < 4.78 is 5.35. The Morgan fingerprint density at radius 3 is 2.77 bits per heavy atom. The van der Waals surface area contributed by atoms with Crippen molar-refractivity contribution in [3.8, 4) is 5.75 Å². The van der Waals surface area contributed by atoms with Gasteiger partial charge < -0.3 is 4.74 Å². The summed E-state index contributed by atoms with van der Waals surface area (Å²) in [4.78, 5) is 0. The molecule has 1 aromatic carbocycles. The second kappa shape index (κ2) is 5.15. The Morgan fingerprint density at radius 2 is 2.15 bits per heavy atom. The molecule has 0 spiro atoms. The van der Waals surface area contributed by atoms with Crippen molar-refractivity contribution in [1.82, 2.24) is 0 Å². The van der Waals surface area contributed by atoms with Crippen LogP contribution in [-0.2, 0) is 0 Å². The van der Waals surface area contributed by atoms with E-state index in [9.17, 15) is 0 Å². The van der Waals surface area contributed by atoms with Gasteiger partial charge in [-0.15, -0.1) is 0 Å². The predicted molar refractivity (Wildman–Crippen MR) is 56.8 cm³/mol. The highest BCUT2D eigenvalue weighted by Gasteiger charge is 2.00. The number of allylic oxidation sites excluding steroid dienone is 1. The molecule has 0 saturated heterocycles. The van der Waals surface area contributed by atoms with Crippen molar-refractivity contribution in [2.75, 3.05) is 6.61 Å². The number of hydrogen-bond donors (Lipinski definition) is 0. The minimum atomic E-state index is 0.526. The number of halogens is 2. The highest BCUT2D eigenvalue weighted by molar-refractivity contribution is 6.35. The molecule has 13 heavy (non-hydrogen) atoms. The largest absolute Gasteiger partial charge is 0.488 e. The molecule has 3 heteroatoms. The summed E-state index contributed by atoms with van der Waals surface area (Å²) in [6, 6.07) is 5.17. The third kappa shape index (κ3) is 3.29. The number of benzene rings is 1. The number of ether oxygens (including phenoxy) is 1. The molecule has 0 aromatic heterocycles. The number of rotatable bonds is 3. The van der Waals surface area contributed by atoms with Crippen LogP contribution in [-0.4, -0.2) is 6.61 Å². The molecular formula is C10H10Cl2O. The Hall–Kier alpha value is -0.660. The first-order chi connectivity index (χ1) is 6.24. The fourth-order valence-electron chi connectivity index (χ4n) is 0.826. The van der Waals surface area contributed by atoms with Gasteiger partial charge >= 0.3 is 0 Å². The molecule has 1 aromatic rings. The lowest BCUT2D eigenvalue weighted by Crippen LogP contribution is -1.93. The van der Waals surface area contributed by atoms with Gasteiger partial charge in [0.25, 0.3) is 0 Å². The molecule has 0 atom stereocenters. The Balaban J connectivity index is 2.66. The molecule has 0 aliphatic heterocycles. The van der Waals surface area contributed by atoms with E-state index in [1.165, 1.54) is 0 Å². The van der Waals surface area contributed by atoms with E-state index < -0.39 is 0 Å². The van der Waals surface area contributed by atoms with Crippen LogP contribution in [0.4, 0.5) is 0 Å². The molecule has 0 heterocycles. The lowest BCUT2D eigenvalue weighted by molar-refractivity contribution is 0.363. The standard InChI is InChI=1S/C10H10Cl2O/c1-2-3-6-13-10-5-4-8(11)7-9(10)12/h2-5,7H,6H2,1H3. The maximum atomic E-state index is 5.87. The Morgan fingerprint density at radius 1 is 1.38 bits per heavy atom. The fraction of sp³-hybridized carbons (Fsp3) is 0.200. The first-order valence-electron chi connectivity index (χ1n) is 3.93. The zero-order valence-corrected chi connectivity index (χ0v) is 8.77. The Bertz CT molecular complexity index is 308. The molecule has 0 bridgehead atoms. The molecule has 1 rings (SSSR count). The van der Waals surface area contributed by atoms with E-state index in [-0.39, 0.29) is 0 Å². The minimum Gasteiger partial charge on any atom is -0.488 e. The molecular weight excluding hydrogens is 207 g/mol. The predicted octanol–water partition coefficient (Wildman–Crippen LogP) is 3.95. The van der Waals surface area contributed by atoms with Crippen LogP contribution in [0.1, 0.15) is 6.92 Å². The van der Waals surface area contributed by atoms with Gasteiger partial charge in [-0.1, -0.05) is 35.4 Å².